The first-order valence-corrected chi connectivity index (χ1v) is 11.0. The van der Waals surface area contributed by atoms with Gasteiger partial charge in [0.1, 0.15) is 0 Å². The van der Waals surface area contributed by atoms with Gasteiger partial charge in [-0.1, -0.05) is 68.1 Å². The molecule has 0 saturated heterocycles. The van der Waals surface area contributed by atoms with Crippen LogP contribution in [0.1, 0.15) is 31.9 Å². The van der Waals surface area contributed by atoms with Crippen molar-refractivity contribution in [1.82, 2.24) is 14.9 Å². The number of methoxy groups -OCH3 is 1. The summed E-state index contributed by atoms with van der Waals surface area (Å²) in [6.45, 7) is 5.66. The molecular formula is C23H29N3O2S. The van der Waals surface area contributed by atoms with Crippen molar-refractivity contribution < 1.29 is 9.53 Å². The first-order valence-electron chi connectivity index (χ1n) is 9.99. The minimum Gasteiger partial charge on any atom is -0.383 e. The van der Waals surface area contributed by atoms with Gasteiger partial charge in [0.25, 0.3) is 0 Å². The summed E-state index contributed by atoms with van der Waals surface area (Å²) in [5.74, 6) is 0.846. The van der Waals surface area contributed by atoms with Gasteiger partial charge in [-0.15, -0.1) is 0 Å². The molecule has 1 N–H and O–H groups in total. The number of benzene rings is 2. The Balaban J connectivity index is 1.69. The molecule has 1 heterocycles. The summed E-state index contributed by atoms with van der Waals surface area (Å²) >= 11 is 1.47. The Bertz CT molecular complexity index is 924. The van der Waals surface area contributed by atoms with Crippen LogP contribution in [0, 0.1) is 5.92 Å². The van der Waals surface area contributed by atoms with Crippen LogP contribution in [0.2, 0.25) is 0 Å². The minimum absolute atomic E-state index is 0.0230. The topological polar surface area (TPSA) is 56.1 Å². The minimum atomic E-state index is 0.0230. The first-order chi connectivity index (χ1) is 14.1. The summed E-state index contributed by atoms with van der Waals surface area (Å²) in [7, 11) is 1.69. The number of para-hydroxylation sites is 2. The van der Waals surface area contributed by atoms with Crippen molar-refractivity contribution in [3.8, 4) is 0 Å². The molecule has 0 fully saturated rings. The molecule has 154 valence electrons. The molecule has 1 amide bonds. The Morgan fingerprint density at radius 2 is 1.86 bits per heavy atom. The molecule has 0 aliphatic carbocycles. The Morgan fingerprint density at radius 1 is 1.14 bits per heavy atom. The smallest absolute Gasteiger partial charge is 0.230 e. The highest BCUT2D eigenvalue weighted by atomic mass is 32.2. The number of carbonyl (C=O) groups excluding carboxylic acids is 1. The lowest BCUT2D eigenvalue weighted by molar-refractivity contribution is -0.119. The predicted molar refractivity (Wildman–Crippen MR) is 119 cm³/mol. The van der Waals surface area contributed by atoms with Crippen LogP contribution >= 0.6 is 11.8 Å². The molecule has 1 aromatic heterocycles. The van der Waals surface area contributed by atoms with Crippen LogP contribution in [0.3, 0.4) is 0 Å². The first kappa shape index (κ1) is 21.4. The normalized spacial score (nSPS) is 12.4. The fraction of sp³-hybridized carbons (Fsp3) is 0.391. The van der Waals surface area contributed by atoms with Crippen molar-refractivity contribution in [2.45, 2.75) is 38.0 Å². The van der Waals surface area contributed by atoms with Crippen LogP contribution in [0.5, 0.6) is 0 Å². The third-order valence-electron chi connectivity index (χ3n) is 4.72. The lowest BCUT2D eigenvalue weighted by Gasteiger charge is -2.21. The molecule has 6 heteroatoms. The van der Waals surface area contributed by atoms with Crippen molar-refractivity contribution in [2.75, 3.05) is 19.5 Å². The van der Waals surface area contributed by atoms with E-state index in [2.05, 4.69) is 41.9 Å². The van der Waals surface area contributed by atoms with Crippen molar-refractivity contribution in [1.29, 1.82) is 0 Å². The molecule has 1 atom stereocenters. The number of rotatable bonds is 10. The summed E-state index contributed by atoms with van der Waals surface area (Å²) in [5, 5.41) is 4.06. The van der Waals surface area contributed by atoms with Gasteiger partial charge in [-0.2, -0.15) is 0 Å². The van der Waals surface area contributed by atoms with Gasteiger partial charge in [0, 0.05) is 13.7 Å². The van der Waals surface area contributed by atoms with Crippen molar-refractivity contribution >= 4 is 28.7 Å². The average Bonchev–Trinajstić information content (AvgIpc) is 3.08. The highest BCUT2D eigenvalue weighted by molar-refractivity contribution is 7.99. The monoisotopic (exact) mass is 411 g/mol. The Hall–Kier alpha value is -2.31. The van der Waals surface area contributed by atoms with Gasteiger partial charge in [-0.25, -0.2) is 4.98 Å². The zero-order valence-electron chi connectivity index (χ0n) is 17.3. The lowest BCUT2D eigenvalue weighted by Crippen LogP contribution is -2.31. The maximum atomic E-state index is 12.7. The molecule has 0 bridgehead atoms. The average molecular weight is 412 g/mol. The number of imidazole rings is 1. The van der Waals surface area contributed by atoms with Crippen LogP contribution in [-0.2, 0) is 16.1 Å². The van der Waals surface area contributed by atoms with Gasteiger partial charge >= 0.3 is 0 Å². The van der Waals surface area contributed by atoms with E-state index in [4.69, 9.17) is 9.72 Å². The summed E-state index contributed by atoms with van der Waals surface area (Å²) in [6.07, 6.45) is 0.909. The lowest BCUT2D eigenvalue weighted by atomic mass is 9.97. The zero-order valence-corrected chi connectivity index (χ0v) is 18.1. The number of aromatic nitrogens is 2. The number of thioether (sulfide) groups is 1. The SMILES string of the molecule is COCCn1c(SCC(=O)NC(CC(C)C)c2ccccc2)nc2ccccc21. The van der Waals surface area contributed by atoms with Crippen molar-refractivity contribution in [2.24, 2.45) is 5.92 Å². The number of fused-ring (bicyclic) bond motifs is 1. The summed E-state index contributed by atoms with van der Waals surface area (Å²) in [6, 6.07) is 18.2. The van der Waals surface area contributed by atoms with E-state index in [0.29, 0.717) is 24.8 Å². The van der Waals surface area contributed by atoms with Crippen LogP contribution in [-0.4, -0.2) is 34.9 Å². The van der Waals surface area contributed by atoms with E-state index in [1.165, 1.54) is 11.8 Å². The van der Waals surface area contributed by atoms with Crippen molar-refractivity contribution in [3.05, 3.63) is 60.2 Å². The number of nitrogens with zero attached hydrogens (tertiary/aromatic N) is 2. The number of ether oxygens (including phenoxy) is 1. The molecule has 0 aliphatic heterocycles. The molecule has 3 aromatic rings. The molecule has 3 rings (SSSR count). The number of hydrogen-bond acceptors (Lipinski definition) is 4. The van der Waals surface area contributed by atoms with Gasteiger partial charge in [0.15, 0.2) is 5.16 Å². The molecule has 29 heavy (non-hydrogen) atoms. The molecule has 1 unspecified atom stereocenters. The van der Waals surface area contributed by atoms with E-state index < -0.39 is 0 Å². The van der Waals surface area contributed by atoms with Gasteiger partial charge < -0.3 is 14.6 Å². The second-order valence-electron chi connectivity index (χ2n) is 7.48. The molecule has 0 saturated carbocycles. The Kier molecular flexibility index (Phi) is 7.72. The largest absolute Gasteiger partial charge is 0.383 e. The van der Waals surface area contributed by atoms with E-state index in [1.54, 1.807) is 7.11 Å². The quantitative estimate of drug-likeness (QED) is 0.492. The van der Waals surface area contributed by atoms with Crippen LogP contribution in [0.25, 0.3) is 11.0 Å². The third-order valence-corrected chi connectivity index (χ3v) is 5.69. The van der Waals surface area contributed by atoms with Gasteiger partial charge in [-0.05, 0) is 30.0 Å². The van der Waals surface area contributed by atoms with Crippen LogP contribution in [0.15, 0.2) is 59.8 Å². The maximum absolute atomic E-state index is 12.7. The van der Waals surface area contributed by atoms with Crippen LogP contribution in [0.4, 0.5) is 0 Å². The van der Waals surface area contributed by atoms with E-state index >= 15 is 0 Å². The number of amides is 1. The molecule has 0 aliphatic rings. The van der Waals surface area contributed by atoms with Gasteiger partial charge in [0.2, 0.25) is 5.91 Å². The maximum Gasteiger partial charge on any atom is 0.230 e. The molecule has 5 nitrogen and oxygen atoms in total. The summed E-state index contributed by atoms with van der Waals surface area (Å²) in [5.41, 5.74) is 3.15. The van der Waals surface area contributed by atoms with E-state index in [-0.39, 0.29) is 11.9 Å². The molecule has 2 aromatic carbocycles. The zero-order chi connectivity index (χ0) is 20.6. The van der Waals surface area contributed by atoms with Gasteiger partial charge in [-0.3, -0.25) is 4.79 Å². The second-order valence-corrected chi connectivity index (χ2v) is 8.42. The van der Waals surface area contributed by atoms with E-state index in [1.807, 2.05) is 36.4 Å². The fourth-order valence-electron chi connectivity index (χ4n) is 3.36. The fourth-order valence-corrected chi connectivity index (χ4v) is 4.22. The van der Waals surface area contributed by atoms with E-state index in [0.717, 1.165) is 28.2 Å². The Morgan fingerprint density at radius 3 is 2.59 bits per heavy atom. The van der Waals surface area contributed by atoms with Crippen LogP contribution < -0.4 is 5.32 Å². The van der Waals surface area contributed by atoms with Gasteiger partial charge in [0.05, 0.1) is 29.4 Å². The number of hydrogen-bond donors (Lipinski definition) is 1. The highest BCUT2D eigenvalue weighted by Gasteiger charge is 2.18. The molecule has 0 radical (unpaired) electrons. The highest BCUT2D eigenvalue weighted by Crippen LogP contribution is 2.25. The summed E-state index contributed by atoms with van der Waals surface area (Å²) in [4.78, 5) is 17.4. The van der Waals surface area contributed by atoms with Crippen molar-refractivity contribution in [3.63, 3.8) is 0 Å². The number of nitrogens with one attached hydrogen (secondary N) is 1. The molecule has 0 spiro atoms. The standard InChI is InChI=1S/C23H29N3O2S/c1-17(2)15-20(18-9-5-4-6-10-18)24-22(27)16-29-23-25-19-11-7-8-12-21(19)26(23)13-14-28-3/h4-12,17,20H,13-16H2,1-3H3,(H,24,27). The number of carbonyl (C=O) groups is 1. The predicted octanol–water partition coefficient (Wildman–Crippen LogP) is 4.68. The third kappa shape index (κ3) is 5.84. The molecular weight excluding hydrogens is 382 g/mol. The second kappa shape index (κ2) is 10.5. The van der Waals surface area contributed by atoms with E-state index in [9.17, 15) is 4.79 Å². The Labute approximate surface area is 176 Å². The summed E-state index contributed by atoms with van der Waals surface area (Å²) < 4.78 is 7.37.